The van der Waals surface area contributed by atoms with Crippen LogP contribution in [0.15, 0.2) is 52.5 Å². The number of rotatable bonds is 7. The van der Waals surface area contributed by atoms with E-state index in [2.05, 4.69) is 15.3 Å². The first-order valence-electron chi connectivity index (χ1n) is 8.54. The van der Waals surface area contributed by atoms with Gasteiger partial charge in [-0.1, -0.05) is 35.5 Å². The molecule has 0 bridgehead atoms. The molecular formula is C19H19ClN4O3S. The van der Waals surface area contributed by atoms with Gasteiger partial charge in [-0.15, -0.1) is 0 Å². The zero-order chi connectivity index (χ0) is 20.1. The van der Waals surface area contributed by atoms with Crippen molar-refractivity contribution in [2.45, 2.75) is 18.1 Å². The summed E-state index contributed by atoms with van der Waals surface area (Å²) >= 11 is 6.99. The van der Waals surface area contributed by atoms with E-state index in [1.54, 1.807) is 42.0 Å². The highest BCUT2D eigenvalue weighted by atomic mass is 35.5. The lowest BCUT2D eigenvalue weighted by atomic mass is 10.2. The zero-order valence-corrected chi connectivity index (χ0v) is 17.0. The van der Waals surface area contributed by atoms with Gasteiger partial charge in [0.25, 0.3) is 5.56 Å². The van der Waals surface area contributed by atoms with Crippen LogP contribution in [-0.4, -0.2) is 39.9 Å². The predicted octanol–water partition coefficient (Wildman–Crippen LogP) is 3.38. The van der Waals surface area contributed by atoms with E-state index in [-0.39, 0.29) is 23.3 Å². The number of ether oxygens (including phenoxy) is 1. The molecule has 146 valence electrons. The number of methoxy groups -OCH3 is 1. The number of thioether (sulfide) groups is 1. The molecule has 0 aliphatic carbocycles. The van der Waals surface area contributed by atoms with Crippen LogP contribution in [0.25, 0.3) is 10.9 Å². The number of pyridine rings is 1. The van der Waals surface area contributed by atoms with Crippen molar-refractivity contribution in [3.05, 3.63) is 58.0 Å². The Bertz CT molecular complexity index is 1040. The molecule has 1 amide bonds. The second kappa shape index (κ2) is 9.18. The molecule has 3 rings (SSSR count). The van der Waals surface area contributed by atoms with Crippen LogP contribution in [0.3, 0.4) is 0 Å². The van der Waals surface area contributed by atoms with Gasteiger partial charge in [-0.2, -0.15) is 0 Å². The molecule has 7 nitrogen and oxygen atoms in total. The summed E-state index contributed by atoms with van der Waals surface area (Å²) in [6, 6.07) is 10.2. The van der Waals surface area contributed by atoms with Gasteiger partial charge in [-0.05, 0) is 31.2 Å². The summed E-state index contributed by atoms with van der Waals surface area (Å²) in [7, 11) is 1.58. The van der Waals surface area contributed by atoms with Crippen LogP contribution in [0.1, 0.15) is 13.0 Å². The van der Waals surface area contributed by atoms with E-state index >= 15 is 0 Å². The van der Waals surface area contributed by atoms with Gasteiger partial charge in [0, 0.05) is 13.3 Å². The van der Waals surface area contributed by atoms with Crippen molar-refractivity contribution in [2.24, 2.45) is 0 Å². The highest BCUT2D eigenvalue weighted by molar-refractivity contribution is 7.99. The van der Waals surface area contributed by atoms with Gasteiger partial charge in [-0.25, -0.2) is 9.97 Å². The highest BCUT2D eigenvalue weighted by Crippen LogP contribution is 2.21. The fraction of sp³-hybridized carbons (Fsp3) is 0.263. The number of fused-ring (bicyclic) bond motifs is 1. The average Bonchev–Trinajstić information content (AvgIpc) is 2.68. The molecule has 1 N–H and O–H groups in total. The average molecular weight is 419 g/mol. The lowest BCUT2D eigenvalue weighted by molar-refractivity contribution is -0.113. The Labute approximate surface area is 171 Å². The Morgan fingerprint density at radius 2 is 2.11 bits per heavy atom. The van der Waals surface area contributed by atoms with Crippen LogP contribution in [0.5, 0.6) is 0 Å². The number of nitrogens with one attached hydrogen (secondary N) is 1. The molecule has 0 aliphatic heterocycles. The molecule has 0 fully saturated rings. The zero-order valence-electron chi connectivity index (χ0n) is 15.4. The second-order valence-electron chi connectivity index (χ2n) is 6.09. The molecule has 0 radical (unpaired) electrons. The van der Waals surface area contributed by atoms with E-state index in [9.17, 15) is 9.59 Å². The van der Waals surface area contributed by atoms with Crippen LogP contribution >= 0.6 is 23.4 Å². The van der Waals surface area contributed by atoms with Crippen molar-refractivity contribution in [1.82, 2.24) is 14.5 Å². The summed E-state index contributed by atoms with van der Waals surface area (Å²) in [4.78, 5) is 33.9. The molecular weight excluding hydrogens is 400 g/mol. The number of para-hydroxylation sites is 1. The summed E-state index contributed by atoms with van der Waals surface area (Å²) in [6.07, 6.45) is 1.46. The minimum Gasteiger partial charge on any atom is -0.383 e. The largest absolute Gasteiger partial charge is 0.383 e. The molecule has 1 atom stereocenters. The number of hydrogen-bond acceptors (Lipinski definition) is 6. The fourth-order valence-corrected chi connectivity index (χ4v) is 3.70. The summed E-state index contributed by atoms with van der Waals surface area (Å²) in [6.45, 7) is 2.23. The monoisotopic (exact) mass is 418 g/mol. The Kier molecular flexibility index (Phi) is 6.66. The van der Waals surface area contributed by atoms with Crippen LogP contribution in [0.4, 0.5) is 5.82 Å². The highest BCUT2D eigenvalue weighted by Gasteiger charge is 2.17. The van der Waals surface area contributed by atoms with E-state index in [4.69, 9.17) is 16.3 Å². The van der Waals surface area contributed by atoms with E-state index in [1.165, 1.54) is 18.0 Å². The minimum absolute atomic E-state index is 0.0782. The third-order valence-corrected chi connectivity index (χ3v) is 5.13. The Hall–Kier alpha value is -2.42. The van der Waals surface area contributed by atoms with Crippen molar-refractivity contribution in [1.29, 1.82) is 0 Å². The minimum atomic E-state index is -0.256. The molecule has 28 heavy (non-hydrogen) atoms. The smallest absolute Gasteiger partial charge is 0.262 e. The van der Waals surface area contributed by atoms with Crippen molar-refractivity contribution >= 4 is 46.0 Å². The molecule has 0 saturated heterocycles. The van der Waals surface area contributed by atoms with Crippen molar-refractivity contribution in [3.8, 4) is 0 Å². The number of carbonyl (C=O) groups is 1. The third kappa shape index (κ3) is 4.70. The predicted molar refractivity (Wildman–Crippen MR) is 111 cm³/mol. The van der Waals surface area contributed by atoms with Crippen molar-refractivity contribution in [3.63, 3.8) is 0 Å². The molecule has 3 aromatic rings. The molecule has 0 saturated carbocycles. The van der Waals surface area contributed by atoms with Crippen LogP contribution < -0.4 is 10.9 Å². The third-order valence-electron chi connectivity index (χ3n) is 3.95. The van der Waals surface area contributed by atoms with Gasteiger partial charge in [-0.3, -0.25) is 14.2 Å². The molecule has 2 heterocycles. The van der Waals surface area contributed by atoms with E-state index in [0.717, 1.165) is 0 Å². The molecule has 2 aromatic heterocycles. The molecule has 0 unspecified atom stereocenters. The standard InChI is InChI=1S/C19H19ClN4O3S/c1-12(10-27-2)24-18(26)14-5-3-4-6-15(14)22-19(24)28-11-17(25)23-16-8-7-13(20)9-21-16/h3-9,12H,10-11H2,1-2H3,(H,21,23,25)/t12-/m0/s1. The first-order valence-corrected chi connectivity index (χ1v) is 9.90. The molecule has 9 heteroatoms. The summed E-state index contributed by atoms with van der Waals surface area (Å²) < 4.78 is 6.77. The van der Waals surface area contributed by atoms with Gasteiger partial charge in [0.2, 0.25) is 5.91 Å². The number of anilines is 1. The first kappa shape index (κ1) is 20.3. The number of halogens is 1. The normalized spacial score (nSPS) is 12.1. The summed E-state index contributed by atoms with van der Waals surface area (Å²) in [5.74, 6) is 0.231. The maximum atomic E-state index is 13.0. The Balaban J connectivity index is 1.84. The number of hydrogen-bond donors (Lipinski definition) is 1. The second-order valence-corrected chi connectivity index (χ2v) is 7.47. The van der Waals surface area contributed by atoms with Crippen molar-refractivity contribution < 1.29 is 9.53 Å². The molecule has 1 aromatic carbocycles. The maximum Gasteiger partial charge on any atom is 0.262 e. The lowest BCUT2D eigenvalue weighted by Crippen LogP contribution is -2.29. The molecule has 0 spiro atoms. The number of amides is 1. The van der Waals surface area contributed by atoms with Crippen LogP contribution in [-0.2, 0) is 9.53 Å². The number of aromatic nitrogens is 3. The number of carbonyl (C=O) groups excluding carboxylic acids is 1. The fourth-order valence-electron chi connectivity index (χ4n) is 2.69. The van der Waals surface area contributed by atoms with Crippen molar-refractivity contribution in [2.75, 3.05) is 24.8 Å². The first-order chi connectivity index (χ1) is 13.5. The lowest BCUT2D eigenvalue weighted by Gasteiger charge is -2.18. The summed E-state index contributed by atoms with van der Waals surface area (Å²) in [5.41, 5.74) is 0.438. The molecule has 0 aliphatic rings. The van der Waals surface area contributed by atoms with E-state index < -0.39 is 0 Å². The van der Waals surface area contributed by atoms with Gasteiger partial charge >= 0.3 is 0 Å². The summed E-state index contributed by atoms with van der Waals surface area (Å²) in [5, 5.41) is 4.18. The van der Waals surface area contributed by atoms with Gasteiger partial charge < -0.3 is 10.1 Å². The van der Waals surface area contributed by atoms with E-state index in [0.29, 0.717) is 33.5 Å². The van der Waals surface area contributed by atoms with E-state index in [1.807, 2.05) is 13.0 Å². The van der Waals surface area contributed by atoms with Crippen LogP contribution in [0.2, 0.25) is 5.02 Å². The number of benzene rings is 1. The topological polar surface area (TPSA) is 86.1 Å². The van der Waals surface area contributed by atoms with Gasteiger partial charge in [0.05, 0.1) is 34.3 Å². The maximum absolute atomic E-state index is 13.0. The van der Waals surface area contributed by atoms with Gasteiger partial charge in [0.1, 0.15) is 5.82 Å². The Morgan fingerprint density at radius 3 is 2.82 bits per heavy atom. The van der Waals surface area contributed by atoms with Gasteiger partial charge in [0.15, 0.2) is 5.16 Å². The Morgan fingerprint density at radius 1 is 1.32 bits per heavy atom. The quantitative estimate of drug-likeness (QED) is 0.467. The van der Waals surface area contributed by atoms with Crippen LogP contribution in [0, 0.1) is 0 Å². The SMILES string of the molecule is COC[C@H](C)n1c(SCC(=O)Nc2ccc(Cl)cn2)nc2ccccc2c1=O. The number of nitrogens with zero attached hydrogens (tertiary/aromatic N) is 3.